The van der Waals surface area contributed by atoms with E-state index < -0.39 is 0 Å². The highest BCUT2D eigenvalue weighted by atomic mass is 127. The number of rotatable bonds is 5. The molecule has 0 saturated carbocycles. The van der Waals surface area contributed by atoms with Crippen LogP contribution in [0.5, 0.6) is 0 Å². The van der Waals surface area contributed by atoms with Crippen molar-refractivity contribution in [3.63, 3.8) is 0 Å². The third-order valence-electron chi connectivity index (χ3n) is 5.10. The summed E-state index contributed by atoms with van der Waals surface area (Å²) in [6, 6.07) is 4.29. The maximum atomic E-state index is 4.56. The summed E-state index contributed by atoms with van der Waals surface area (Å²) in [5.41, 5.74) is 1.25. The summed E-state index contributed by atoms with van der Waals surface area (Å²) >= 11 is 2.07. The molecule has 3 rings (SSSR count). The summed E-state index contributed by atoms with van der Waals surface area (Å²) < 4.78 is 0.343. The number of nitrogens with one attached hydrogen (secondary N) is 2. The van der Waals surface area contributed by atoms with Gasteiger partial charge in [-0.1, -0.05) is 0 Å². The Bertz CT molecular complexity index is 583. The lowest BCUT2D eigenvalue weighted by Crippen LogP contribution is -2.43. The summed E-state index contributed by atoms with van der Waals surface area (Å²) in [4.78, 5) is 11.3. The lowest BCUT2D eigenvalue weighted by atomic mass is 10.1. The number of hydrogen-bond acceptors (Lipinski definition) is 4. The third-order valence-corrected chi connectivity index (χ3v) is 6.64. The molecule has 2 N–H and O–H groups in total. The highest BCUT2D eigenvalue weighted by Crippen LogP contribution is 2.36. The molecule has 0 spiro atoms. The average Bonchev–Trinajstić information content (AvgIpc) is 3.10. The van der Waals surface area contributed by atoms with Crippen LogP contribution in [0.4, 0.5) is 5.82 Å². The molecule has 1 unspecified atom stereocenters. The molecule has 146 valence electrons. The number of anilines is 1. The molecule has 5 nitrogen and oxygen atoms in total. The van der Waals surface area contributed by atoms with Crippen molar-refractivity contribution in [2.45, 2.75) is 50.3 Å². The van der Waals surface area contributed by atoms with Crippen molar-refractivity contribution in [2.75, 3.05) is 37.3 Å². The van der Waals surface area contributed by atoms with E-state index in [9.17, 15) is 0 Å². The van der Waals surface area contributed by atoms with Gasteiger partial charge >= 0.3 is 0 Å². The van der Waals surface area contributed by atoms with Crippen molar-refractivity contribution >= 4 is 47.5 Å². The fourth-order valence-corrected chi connectivity index (χ4v) is 4.76. The summed E-state index contributed by atoms with van der Waals surface area (Å²) in [5, 5.41) is 6.93. The van der Waals surface area contributed by atoms with E-state index in [0.29, 0.717) is 4.75 Å². The van der Waals surface area contributed by atoms with Crippen LogP contribution in [-0.2, 0) is 6.54 Å². The van der Waals surface area contributed by atoms with Gasteiger partial charge in [0.15, 0.2) is 5.96 Å². The molecule has 3 heterocycles. The first-order valence-electron chi connectivity index (χ1n) is 9.47. The SMILES string of the molecule is CN=C(NCc1ccnc(N2CCCCC2)c1)NCC1(C)CCCS1.I. The van der Waals surface area contributed by atoms with Gasteiger partial charge in [0.2, 0.25) is 0 Å². The molecule has 26 heavy (non-hydrogen) atoms. The molecular formula is C19H32IN5S. The van der Waals surface area contributed by atoms with Gasteiger partial charge < -0.3 is 15.5 Å². The molecule has 2 saturated heterocycles. The van der Waals surface area contributed by atoms with Crippen LogP contribution in [0.1, 0.15) is 44.6 Å². The minimum Gasteiger partial charge on any atom is -0.357 e. The molecule has 1 aromatic rings. The number of aliphatic imine (C=N–C) groups is 1. The van der Waals surface area contributed by atoms with Gasteiger partial charge in [-0.25, -0.2) is 4.98 Å². The first-order valence-corrected chi connectivity index (χ1v) is 10.5. The summed E-state index contributed by atoms with van der Waals surface area (Å²) in [7, 11) is 1.84. The van der Waals surface area contributed by atoms with E-state index in [4.69, 9.17) is 0 Å². The Balaban J connectivity index is 0.00000243. The van der Waals surface area contributed by atoms with Crippen molar-refractivity contribution in [3.05, 3.63) is 23.9 Å². The van der Waals surface area contributed by atoms with E-state index in [1.54, 1.807) is 0 Å². The normalized spacial score (nSPS) is 23.5. The summed E-state index contributed by atoms with van der Waals surface area (Å²) in [6.07, 6.45) is 8.43. The second-order valence-corrected chi connectivity index (χ2v) is 8.93. The monoisotopic (exact) mass is 489 g/mol. The Labute approximate surface area is 179 Å². The third kappa shape index (κ3) is 6.18. The number of halogens is 1. The number of piperidine rings is 1. The zero-order chi connectivity index (χ0) is 17.5. The van der Waals surface area contributed by atoms with E-state index >= 15 is 0 Å². The molecule has 1 atom stereocenters. The second-order valence-electron chi connectivity index (χ2n) is 7.25. The van der Waals surface area contributed by atoms with Gasteiger partial charge in [0.05, 0.1) is 0 Å². The first-order chi connectivity index (χ1) is 12.2. The molecule has 0 amide bonds. The molecule has 1 aromatic heterocycles. The molecule has 2 fully saturated rings. The number of aromatic nitrogens is 1. The van der Waals surface area contributed by atoms with Crippen LogP contribution >= 0.6 is 35.7 Å². The Hall–Kier alpha value is -0.700. The van der Waals surface area contributed by atoms with Gasteiger partial charge in [-0.15, -0.1) is 24.0 Å². The molecule has 0 aliphatic carbocycles. The zero-order valence-corrected chi connectivity index (χ0v) is 19.1. The zero-order valence-electron chi connectivity index (χ0n) is 16.0. The van der Waals surface area contributed by atoms with Gasteiger partial charge in [0, 0.05) is 44.2 Å². The van der Waals surface area contributed by atoms with E-state index in [2.05, 4.69) is 56.3 Å². The summed E-state index contributed by atoms with van der Waals surface area (Å²) in [5.74, 6) is 3.27. The van der Waals surface area contributed by atoms with Crippen LogP contribution in [-0.4, -0.2) is 48.1 Å². The standard InChI is InChI=1S/C19H31N5S.HI/c1-19(8-6-12-25-19)15-23-18(20-2)22-14-16-7-9-21-17(13-16)24-10-4-3-5-11-24;/h7,9,13H,3-6,8,10-12,14-15H2,1-2H3,(H2,20,22,23);1H. The Morgan fingerprint density at radius 3 is 2.77 bits per heavy atom. The fourth-order valence-electron chi connectivity index (χ4n) is 3.52. The number of pyridine rings is 1. The van der Waals surface area contributed by atoms with E-state index in [0.717, 1.165) is 38.0 Å². The lowest BCUT2D eigenvalue weighted by Gasteiger charge is -2.28. The van der Waals surface area contributed by atoms with Crippen LogP contribution in [0.25, 0.3) is 0 Å². The molecule has 0 aromatic carbocycles. The minimum atomic E-state index is 0. The van der Waals surface area contributed by atoms with Crippen LogP contribution in [0.2, 0.25) is 0 Å². The first kappa shape index (κ1) is 21.6. The van der Waals surface area contributed by atoms with Crippen molar-refractivity contribution in [1.82, 2.24) is 15.6 Å². The summed E-state index contributed by atoms with van der Waals surface area (Å²) in [6.45, 7) is 6.34. The Kier molecular flexibility index (Phi) is 8.79. The quantitative estimate of drug-likeness (QED) is 0.376. The Morgan fingerprint density at radius 1 is 1.27 bits per heavy atom. The topological polar surface area (TPSA) is 52.6 Å². The van der Waals surface area contributed by atoms with Crippen LogP contribution < -0.4 is 15.5 Å². The lowest BCUT2D eigenvalue weighted by molar-refractivity contribution is 0.573. The molecule has 2 aliphatic rings. The largest absolute Gasteiger partial charge is 0.357 e. The van der Waals surface area contributed by atoms with Gasteiger partial charge in [0.1, 0.15) is 5.82 Å². The molecule has 7 heteroatoms. The fraction of sp³-hybridized carbons (Fsp3) is 0.684. The molecule has 0 radical (unpaired) electrons. The number of hydrogen-bond donors (Lipinski definition) is 2. The highest BCUT2D eigenvalue weighted by molar-refractivity contribution is 14.0. The van der Waals surface area contributed by atoms with Crippen molar-refractivity contribution in [3.8, 4) is 0 Å². The predicted octanol–water partition coefficient (Wildman–Crippen LogP) is 3.64. The number of guanidine groups is 1. The van der Waals surface area contributed by atoms with Crippen molar-refractivity contribution < 1.29 is 0 Å². The molecular weight excluding hydrogens is 457 g/mol. The van der Waals surface area contributed by atoms with Crippen LogP contribution in [0, 0.1) is 0 Å². The minimum absolute atomic E-state index is 0. The van der Waals surface area contributed by atoms with Gasteiger partial charge in [-0.05, 0) is 62.5 Å². The highest BCUT2D eigenvalue weighted by Gasteiger charge is 2.29. The van der Waals surface area contributed by atoms with E-state index in [1.807, 2.05) is 13.2 Å². The maximum Gasteiger partial charge on any atom is 0.191 e. The number of thioether (sulfide) groups is 1. The van der Waals surface area contributed by atoms with Crippen LogP contribution in [0.3, 0.4) is 0 Å². The Morgan fingerprint density at radius 2 is 2.08 bits per heavy atom. The van der Waals surface area contributed by atoms with Gasteiger partial charge in [-0.3, -0.25) is 4.99 Å². The van der Waals surface area contributed by atoms with Crippen molar-refractivity contribution in [1.29, 1.82) is 0 Å². The van der Waals surface area contributed by atoms with Gasteiger partial charge in [-0.2, -0.15) is 11.8 Å². The molecule has 2 aliphatic heterocycles. The van der Waals surface area contributed by atoms with Gasteiger partial charge in [0.25, 0.3) is 0 Å². The predicted molar refractivity (Wildman–Crippen MR) is 124 cm³/mol. The smallest absolute Gasteiger partial charge is 0.191 e. The van der Waals surface area contributed by atoms with Crippen molar-refractivity contribution in [2.24, 2.45) is 4.99 Å². The number of nitrogens with zero attached hydrogens (tertiary/aromatic N) is 3. The molecule has 0 bridgehead atoms. The van der Waals surface area contributed by atoms with E-state index in [-0.39, 0.29) is 24.0 Å². The van der Waals surface area contributed by atoms with Crippen LogP contribution in [0.15, 0.2) is 23.3 Å². The second kappa shape index (κ2) is 10.6. The maximum absolute atomic E-state index is 4.56. The van der Waals surface area contributed by atoms with E-state index in [1.165, 1.54) is 43.4 Å². The average molecular weight is 489 g/mol.